The fourth-order valence-corrected chi connectivity index (χ4v) is 4.09. The summed E-state index contributed by atoms with van der Waals surface area (Å²) >= 11 is 0. The molecule has 1 aliphatic rings. The third-order valence-electron chi connectivity index (χ3n) is 6.11. The molecule has 1 aliphatic heterocycles. The van der Waals surface area contributed by atoms with Crippen LogP contribution in [0, 0.1) is 10.1 Å². The third kappa shape index (κ3) is 5.19. The van der Waals surface area contributed by atoms with Crippen LogP contribution in [-0.2, 0) is 11.3 Å². The lowest BCUT2D eigenvalue weighted by Gasteiger charge is -2.18. The number of ether oxygens (including phenoxy) is 2. The zero-order valence-corrected chi connectivity index (χ0v) is 20.2. The molecular weight excluding hydrogens is 512 g/mol. The molecule has 0 amide bonds. The Balaban J connectivity index is 1.37. The van der Waals surface area contributed by atoms with Crippen LogP contribution >= 0.6 is 0 Å². The SMILES string of the molecule is Nc1ncnc2c1nc(NN=Cc1ccccc1OCc1ccc([N+](=O)[O-])cc1)n2C1OC(CO)C(O)C1O. The van der Waals surface area contributed by atoms with Crippen LogP contribution < -0.4 is 15.9 Å². The van der Waals surface area contributed by atoms with Crippen LogP contribution in [0.5, 0.6) is 5.75 Å². The maximum absolute atomic E-state index is 10.9. The van der Waals surface area contributed by atoms with Gasteiger partial charge in [-0.05, 0) is 29.8 Å². The Hall–Kier alpha value is -4.70. The van der Waals surface area contributed by atoms with Crippen LogP contribution in [0.2, 0.25) is 0 Å². The number of hydrazone groups is 1. The number of nitrogens with one attached hydrogen (secondary N) is 1. The average molecular weight is 537 g/mol. The molecule has 4 unspecified atom stereocenters. The first kappa shape index (κ1) is 25.9. The summed E-state index contributed by atoms with van der Waals surface area (Å²) in [5, 5.41) is 45.4. The van der Waals surface area contributed by atoms with Crippen molar-refractivity contribution in [3.63, 3.8) is 0 Å². The van der Waals surface area contributed by atoms with E-state index in [-0.39, 0.29) is 35.2 Å². The van der Waals surface area contributed by atoms with E-state index in [1.807, 2.05) is 0 Å². The summed E-state index contributed by atoms with van der Waals surface area (Å²) in [5.74, 6) is 0.684. The molecular formula is C24H24N8O7. The minimum atomic E-state index is -1.39. The van der Waals surface area contributed by atoms with Crippen LogP contribution in [-0.4, -0.2) is 70.9 Å². The van der Waals surface area contributed by atoms with Crippen LogP contribution in [0.15, 0.2) is 60.0 Å². The van der Waals surface area contributed by atoms with E-state index in [1.165, 1.54) is 29.2 Å². The number of imidazole rings is 1. The number of anilines is 2. The van der Waals surface area contributed by atoms with Gasteiger partial charge in [0.15, 0.2) is 23.2 Å². The lowest BCUT2D eigenvalue weighted by molar-refractivity contribution is -0.384. The van der Waals surface area contributed by atoms with Crippen LogP contribution in [0.25, 0.3) is 11.2 Å². The first-order chi connectivity index (χ1) is 18.9. The highest BCUT2D eigenvalue weighted by Crippen LogP contribution is 2.35. The van der Waals surface area contributed by atoms with Gasteiger partial charge in [0.05, 0.1) is 17.7 Å². The van der Waals surface area contributed by atoms with Crippen LogP contribution in [0.4, 0.5) is 17.5 Å². The van der Waals surface area contributed by atoms with E-state index in [4.69, 9.17) is 15.2 Å². The second kappa shape index (κ2) is 11.0. The van der Waals surface area contributed by atoms with Gasteiger partial charge >= 0.3 is 0 Å². The van der Waals surface area contributed by atoms with Crippen molar-refractivity contribution in [1.29, 1.82) is 0 Å². The number of para-hydroxylation sites is 1. The topological polar surface area (TPSA) is 216 Å². The predicted molar refractivity (Wildman–Crippen MR) is 138 cm³/mol. The van der Waals surface area contributed by atoms with Crippen molar-refractivity contribution in [1.82, 2.24) is 19.5 Å². The number of aliphatic hydroxyl groups is 3. The quantitative estimate of drug-likeness (QED) is 0.115. The molecule has 6 N–H and O–H groups in total. The van der Waals surface area contributed by atoms with E-state index in [0.29, 0.717) is 11.3 Å². The van der Waals surface area contributed by atoms with Crippen LogP contribution in [0.1, 0.15) is 17.4 Å². The van der Waals surface area contributed by atoms with E-state index in [0.717, 1.165) is 5.56 Å². The number of nitrogens with two attached hydrogens (primary N) is 1. The van der Waals surface area contributed by atoms with E-state index >= 15 is 0 Å². The maximum Gasteiger partial charge on any atom is 0.269 e. The summed E-state index contributed by atoms with van der Waals surface area (Å²) < 4.78 is 12.9. The Bertz CT molecular complexity index is 1510. The summed E-state index contributed by atoms with van der Waals surface area (Å²) in [7, 11) is 0. The number of benzene rings is 2. The van der Waals surface area contributed by atoms with E-state index in [1.54, 1.807) is 36.4 Å². The summed E-state index contributed by atoms with van der Waals surface area (Å²) in [6.07, 6.45) is -2.19. The number of aliphatic hydroxyl groups excluding tert-OH is 3. The molecule has 0 aliphatic carbocycles. The van der Waals surface area contributed by atoms with Gasteiger partial charge in [0.1, 0.15) is 37.0 Å². The number of rotatable bonds is 9. The predicted octanol–water partition coefficient (Wildman–Crippen LogP) is 0.953. The van der Waals surface area contributed by atoms with Crippen molar-refractivity contribution in [3.05, 3.63) is 76.1 Å². The maximum atomic E-state index is 10.9. The molecule has 202 valence electrons. The van der Waals surface area contributed by atoms with Crippen LogP contribution in [0.3, 0.4) is 0 Å². The number of nitrogen functional groups attached to an aromatic ring is 1. The second-order valence-electron chi connectivity index (χ2n) is 8.59. The molecule has 4 atom stereocenters. The van der Waals surface area contributed by atoms with Gasteiger partial charge in [-0.3, -0.25) is 14.7 Å². The standard InChI is InChI=1S/C24H24N8O7/c25-21-18-22(27-12-26-21)31(23-20(35)19(34)17(10-33)39-23)24(29-18)30-28-9-14-3-1-2-4-16(14)38-11-13-5-7-15(8-6-13)32(36)37/h1-9,12,17,19-20,23,33-35H,10-11H2,(H,29,30)(H2,25,26,27). The Morgan fingerprint density at radius 2 is 1.95 bits per heavy atom. The monoisotopic (exact) mass is 536 g/mol. The van der Waals surface area contributed by atoms with Crippen molar-refractivity contribution in [2.75, 3.05) is 17.8 Å². The highest BCUT2D eigenvalue weighted by atomic mass is 16.6. The Labute approximate surface area is 220 Å². The second-order valence-corrected chi connectivity index (χ2v) is 8.59. The van der Waals surface area contributed by atoms with E-state index in [2.05, 4.69) is 25.5 Å². The Morgan fingerprint density at radius 3 is 2.67 bits per heavy atom. The zero-order chi connectivity index (χ0) is 27.5. The molecule has 0 spiro atoms. The minimum Gasteiger partial charge on any atom is -0.488 e. The lowest BCUT2D eigenvalue weighted by Crippen LogP contribution is -2.33. The van der Waals surface area contributed by atoms with Gasteiger partial charge in [-0.15, -0.1) is 0 Å². The molecule has 0 radical (unpaired) electrons. The first-order valence-electron chi connectivity index (χ1n) is 11.7. The summed E-state index contributed by atoms with van der Waals surface area (Å²) in [5.41, 5.74) is 10.5. The Morgan fingerprint density at radius 1 is 1.18 bits per heavy atom. The van der Waals surface area contributed by atoms with Gasteiger partial charge in [-0.25, -0.2) is 20.4 Å². The van der Waals surface area contributed by atoms with Gasteiger partial charge < -0.3 is 30.5 Å². The highest BCUT2D eigenvalue weighted by molar-refractivity contribution is 5.85. The number of aromatic nitrogens is 4. The number of hydrogen-bond donors (Lipinski definition) is 5. The minimum absolute atomic E-state index is 0.00645. The van der Waals surface area contributed by atoms with Gasteiger partial charge in [0.2, 0.25) is 5.95 Å². The number of nitrogens with zero attached hydrogens (tertiary/aromatic N) is 6. The van der Waals surface area contributed by atoms with Crippen molar-refractivity contribution in [2.24, 2.45) is 5.10 Å². The van der Waals surface area contributed by atoms with Gasteiger partial charge in [0, 0.05) is 17.7 Å². The van der Waals surface area contributed by atoms with Gasteiger partial charge in [0.25, 0.3) is 5.69 Å². The highest BCUT2D eigenvalue weighted by Gasteiger charge is 2.45. The van der Waals surface area contributed by atoms with Crippen molar-refractivity contribution in [3.8, 4) is 5.75 Å². The van der Waals surface area contributed by atoms with E-state index < -0.39 is 36.1 Å². The average Bonchev–Trinajstić information content (AvgIpc) is 3.45. The molecule has 2 aromatic heterocycles. The summed E-state index contributed by atoms with van der Waals surface area (Å²) in [6.45, 7) is -0.328. The van der Waals surface area contributed by atoms with Gasteiger partial charge in [-0.1, -0.05) is 12.1 Å². The molecule has 0 saturated carbocycles. The molecule has 4 aromatic rings. The number of nitro benzene ring substituents is 1. The molecule has 39 heavy (non-hydrogen) atoms. The summed E-state index contributed by atoms with van der Waals surface area (Å²) in [4.78, 5) is 22.9. The number of nitro groups is 1. The molecule has 5 rings (SSSR count). The fourth-order valence-electron chi connectivity index (χ4n) is 4.09. The zero-order valence-electron chi connectivity index (χ0n) is 20.2. The first-order valence-corrected chi connectivity index (χ1v) is 11.7. The number of fused-ring (bicyclic) bond motifs is 1. The molecule has 0 bridgehead atoms. The summed E-state index contributed by atoms with van der Waals surface area (Å²) in [6, 6.07) is 13.2. The number of non-ortho nitro benzene ring substituents is 1. The van der Waals surface area contributed by atoms with E-state index in [9.17, 15) is 25.4 Å². The number of hydrogen-bond acceptors (Lipinski definition) is 13. The Kier molecular flexibility index (Phi) is 7.29. The fraction of sp³-hybridized carbons (Fsp3) is 0.250. The normalized spacial score (nSPS) is 21.0. The smallest absolute Gasteiger partial charge is 0.269 e. The molecule has 1 fully saturated rings. The molecule has 3 heterocycles. The van der Waals surface area contributed by atoms with Gasteiger partial charge in [-0.2, -0.15) is 5.10 Å². The lowest BCUT2D eigenvalue weighted by atomic mass is 10.1. The molecule has 2 aromatic carbocycles. The molecule has 15 nitrogen and oxygen atoms in total. The largest absolute Gasteiger partial charge is 0.488 e. The third-order valence-corrected chi connectivity index (χ3v) is 6.11. The van der Waals surface area contributed by atoms with Crippen molar-refractivity contribution < 1.29 is 29.7 Å². The molecule has 1 saturated heterocycles. The van der Waals surface area contributed by atoms with Crippen molar-refractivity contribution >= 4 is 34.8 Å². The molecule has 15 heteroatoms. The van der Waals surface area contributed by atoms with Crippen molar-refractivity contribution in [2.45, 2.75) is 31.1 Å².